The zero-order valence-corrected chi connectivity index (χ0v) is 8.72. The molecule has 0 saturated carbocycles. The van der Waals surface area contributed by atoms with E-state index in [1.165, 1.54) is 0 Å². The molecule has 0 aliphatic carbocycles. The number of aromatic nitrogens is 1. The SMILES string of the molecule is CC(C)(C)Oc1ccc(Cl)c(N)n1. The summed E-state index contributed by atoms with van der Waals surface area (Å²) >= 11 is 5.71. The Bertz CT molecular complexity index is 307. The van der Waals surface area contributed by atoms with Gasteiger partial charge in [0, 0.05) is 6.07 Å². The molecule has 0 fully saturated rings. The van der Waals surface area contributed by atoms with E-state index in [1.807, 2.05) is 20.8 Å². The van der Waals surface area contributed by atoms with Gasteiger partial charge in [-0.05, 0) is 26.8 Å². The van der Waals surface area contributed by atoms with Crippen molar-refractivity contribution in [1.82, 2.24) is 4.98 Å². The van der Waals surface area contributed by atoms with E-state index in [4.69, 9.17) is 22.1 Å². The van der Waals surface area contributed by atoms with Crippen LogP contribution in [-0.2, 0) is 0 Å². The highest BCUT2D eigenvalue weighted by Gasteiger charge is 2.13. The van der Waals surface area contributed by atoms with Crippen LogP contribution in [0.3, 0.4) is 0 Å². The number of hydrogen-bond donors (Lipinski definition) is 1. The van der Waals surface area contributed by atoms with Crippen LogP contribution in [0.4, 0.5) is 5.82 Å². The number of pyridine rings is 1. The standard InChI is InChI=1S/C9H13ClN2O/c1-9(2,3)13-7-5-4-6(10)8(11)12-7/h4-5H,1-3H3,(H2,11,12). The fourth-order valence-corrected chi connectivity index (χ4v) is 0.915. The van der Waals surface area contributed by atoms with Crippen molar-refractivity contribution in [2.24, 2.45) is 0 Å². The maximum Gasteiger partial charge on any atom is 0.215 e. The molecule has 1 aromatic rings. The minimum atomic E-state index is -0.271. The van der Waals surface area contributed by atoms with Crippen LogP contribution >= 0.6 is 11.6 Å². The summed E-state index contributed by atoms with van der Waals surface area (Å²) in [7, 11) is 0. The maximum atomic E-state index is 5.71. The topological polar surface area (TPSA) is 48.1 Å². The predicted molar refractivity (Wildman–Crippen MR) is 54.0 cm³/mol. The zero-order chi connectivity index (χ0) is 10.1. The van der Waals surface area contributed by atoms with Crippen molar-refractivity contribution in [3.8, 4) is 5.88 Å². The van der Waals surface area contributed by atoms with E-state index in [2.05, 4.69) is 4.98 Å². The third-order valence-electron chi connectivity index (χ3n) is 1.26. The molecule has 1 heterocycles. The molecule has 0 amide bonds. The Labute approximate surface area is 82.9 Å². The summed E-state index contributed by atoms with van der Waals surface area (Å²) in [5, 5.41) is 0.446. The lowest BCUT2D eigenvalue weighted by molar-refractivity contribution is 0.124. The summed E-state index contributed by atoms with van der Waals surface area (Å²) < 4.78 is 5.49. The lowest BCUT2D eigenvalue weighted by Gasteiger charge is -2.20. The quantitative estimate of drug-likeness (QED) is 0.758. The molecular formula is C9H13ClN2O. The van der Waals surface area contributed by atoms with Crippen LogP contribution in [0.25, 0.3) is 0 Å². The fraction of sp³-hybridized carbons (Fsp3) is 0.444. The Balaban J connectivity index is 2.86. The second kappa shape index (κ2) is 3.42. The van der Waals surface area contributed by atoms with Crippen molar-refractivity contribution in [1.29, 1.82) is 0 Å². The van der Waals surface area contributed by atoms with Crippen molar-refractivity contribution in [3.05, 3.63) is 17.2 Å². The maximum absolute atomic E-state index is 5.71. The largest absolute Gasteiger partial charge is 0.472 e. The van der Waals surface area contributed by atoms with Gasteiger partial charge in [0.25, 0.3) is 0 Å². The smallest absolute Gasteiger partial charge is 0.215 e. The van der Waals surface area contributed by atoms with Gasteiger partial charge in [0.05, 0.1) is 5.02 Å². The van der Waals surface area contributed by atoms with Crippen LogP contribution < -0.4 is 10.5 Å². The molecule has 0 aliphatic rings. The van der Waals surface area contributed by atoms with Gasteiger partial charge < -0.3 is 10.5 Å². The van der Waals surface area contributed by atoms with Crippen LogP contribution in [0.5, 0.6) is 5.88 Å². The number of anilines is 1. The zero-order valence-electron chi connectivity index (χ0n) is 7.97. The van der Waals surface area contributed by atoms with Crippen LogP contribution in [0.15, 0.2) is 12.1 Å². The average Bonchev–Trinajstić information content (AvgIpc) is 1.94. The summed E-state index contributed by atoms with van der Waals surface area (Å²) in [6, 6.07) is 3.37. The lowest BCUT2D eigenvalue weighted by Crippen LogP contribution is -2.23. The Morgan fingerprint density at radius 3 is 2.46 bits per heavy atom. The minimum absolute atomic E-state index is 0.271. The number of rotatable bonds is 1. The normalized spacial score (nSPS) is 11.4. The van der Waals surface area contributed by atoms with Gasteiger partial charge in [0.1, 0.15) is 11.4 Å². The molecule has 13 heavy (non-hydrogen) atoms. The molecular weight excluding hydrogens is 188 g/mol. The van der Waals surface area contributed by atoms with Gasteiger partial charge in [-0.3, -0.25) is 0 Å². The molecule has 4 heteroatoms. The highest BCUT2D eigenvalue weighted by Crippen LogP contribution is 2.22. The number of ether oxygens (including phenoxy) is 1. The van der Waals surface area contributed by atoms with E-state index in [1.54, 1.807) is 12.1 Å². The molecule has 0 radical (unpaired) electrons. The van der Waals surface area contributed by atoms with Crippen LogP contribution in [0, 0.1) is 0 Å². The molecule has 0 bridgehead atoms. The average molecular weight is 201 g/mol. The first-order valence-corrected chi connectivity index (χ1v) is 4.37. The number of hydrogen-bond acceptors (Lipinski definition) is 3. The van der Waals surface area contributed by atoms with E-state index >= 15 is 0 Å². The molecule has 72 valence electrons. The number of nitrogen functional groups attached to an aromatic ring is 1. The van der Waals surface area contributed by atoms with Crippen molar-refractivity contribution < 1.29 is 4.74 Å². The van der Waals surface area contributed by atoms with Crippen LogP contribution in [0.1, 0.15) is 20.8 Å². The molecule has 0 atom stereocenters. The molecule has 0 saturated heterocycles. The lowest BCUT2D eigenvalue weighted by atomic mass is 10.2. The van der Waals surface area contributed by atoms with Gasteiger partial charge in [0.2, 0.25) is 5.88 Å². The van der Waals surface area contributed by atoms with E-state index in [0.29, 0.717) is 16.7 Å². The summed E-state index contributed by atoms with van der Waals surface area (Å²) in [5.74, 6) is 0.790. The monoisotopic (exact) mass is 200 g/mol. The van der Waals surface area contributed by atoms with Crippen molar-refractivity contribution in [2.45, 2.75) is 26.4 Å². The molecule has 1 rings (SSSR count). The summed E-state index contributed by atoms with van der Waals surface area (Å²) in [5.41, 5.74) is 5.25. The third-order valence-corrected chi connectivity index (χ3v) is 1.58. The van der Waals surface area contributed by atoms with E-state index in [9.17, 15) is 0 Å². The van der Waals surface area contributed by atoms with Crippen molar-refractivity contribution in [3.63, 3.8) is 0 Å². The summed E-state index contributed by atoms with van der Waals surface area (Å²) in [4.78, 5) is 3.98. The van der Waals surface area contributed by atoms with Gasteiger partial charge in [-0.2, -0.15) is 4.98 Å². The van der Waals surface area contributed by atoms with Crippen LogP contribution in [-0.4, -0.2) is 10.6 Å². The number of nitrogens with two attached hydrogens (primary N) is 1. The molecule has 1 aromatic heterocycles. The number of nitrogens with zero attached hydrogens (tertiary/aromatic N) is 1. The Kier molecular flexibility index (Phi) is 2.66. The van der Waals surface area contributed by atoms with Crippen LogP contribution in [0.2, 0.25) is 5.02 Å². The number of halogens is 1. The molecule has 2 N–H and O–H groups in total. The third kappa shape index (κ3) is 3.11. The van der Waals surface area contributed by atoms with Gasteiger partial charge in [-0.15, -0.1) is 0 Å². The first kappa shape index (κ1) is 10.1. The second-order valence-electron chi connectivity index (χ2n) is 3.73. The van der Waals surface area contributed by atoms with E-state index < -0.39 is 0 Å². The van der Waals surface area contributed by atoms with E-state index in [0.717, 1.165) is 0 Å². The Morgan fingerprint density at radius 2 is 2.00 bits per heavy atom. The molecule has 0 aliphatic heterocycles. The molecule has 3 nitrogen and oxygen atoms in total. The Morgan fingerprint density at radius 1 is 1.38 bits per heavy atom. The van der Waals surface area contributed by atoms with Crippen molar-refractivity contribution in [2.75, 3.05) is 5.73 Å². The minimum Gasteiger partial charge on any atom is -0.472 e. The van der Waals surface area contributed by atoms with Gasteiger partial charge in [-0.25, -0.2) is 0 Å². The highest BCUT2D eigenvalue weighted by molar-refractivity contribution is 6.32. The summed E-state index contributed by atoms with van der Waals surface area (Å²) in [6.07, 6.45) is 0. The predicted octanol–water partition coefficient (Wildman–Crippen LogP) is 2.49. The fourth-order valence-electron chi connectivity index (χ4n) is 0.810. The highest BCUT2D eigenvalue weighted by atomic mass is 35.5. The second-order valence-corrected chi connectivity index (χ2v) is 4.14. The molecule has 0 spiro atoms. The van der Waals surface area contributed by atoms with Gasteiger partial charge >= 0.3 is 0 Å². The summed E-state index contributed by atoms with van der Waals surface area (Å²) in [6.45, 7) is 5.83. The van der Waals surface area contributed by atoms with Gasteiger partial charge in [-0.1, -0.05) is 11.6 Å². The van der Waals surface area contributed by atoms with Gasteiger partial charge in [0.15, 0.2) is 0 Å². The van der Waals surface area contributed by atoms with Crippen molar-refractivity contribution >= 4 is 17.4 Å². The van der Waals surface area contributed by atoms with E-state index in [-0.39, 0.29) is 5.60 Å². The molecule has 0 unspecified atom stereocenters. The Hall–Kier alpha value is -0.960. The first-order valence-electron chi connectivity index (χ1n) is 3.99. The first-order chi connectivity index (χ1) is 5.88. The molecule has 0 aromatic carbocycles.